The predicted octanol–water partition coefficient (Wildman–Crippen LogP) is 3.37. The molecule has 0 radical (unpaired) electrons. The van der Waals surface area contributed by atoms with Crippen molar-refractivity contribution < 1.29 is 9.53 Å². The van der Waals surface area contributed by atoms with Gasteiger partial charge in [-0.25, -0.2) is 4.79 Å². The van der Waals surface area contributed by atoms with Crippen LogP contribution in [0.5, 0.6) is 5.75 Å². The molecule has 1 aliphatic carbocycles. The zero-order chi connectivity index (χ0) is 12.4. The van der Waals surface area contributed by atoms with E-state index in [-0.39, 0.29) is 6.09 Å². The molecule has 0 N–H and O–H groups in total. The number of ether oxygens (including phenoxy) is 1. The number of nitrogens with zero attached hydrogens (tertiary/aromatic N) is 1. The van der Waals surface area contributed by atoms with E-state index in [0.717, 1.165) is 25.9 Å². The lowest BCUT2D eigenvalue weighted by atomic mass is 10.0. The molecule has 1 aliphatic heterocycles. The minimum atomic E-state index is -0.221. The summed E-state index contributed by atoms with van der Waals surface area (Å²) in [4.78, 5) is 13.8. The normalized spacial score (nSPS) is 18.8. The minimum absolute atomic E-state index is 0.221. The van der Waals surface area contributed by atoms with E-state index in [1.165, 1.54) is 12.8 Å². The molecule has 1 heterocycles. The van der Waals surface area contributed by atoms with Gasteiger partial charge in [0.25, 0.3) is 0 Å². The predicted molar refractivity (Wildman–Crippen MR) is 69.5 cm³/mol. The molecule has 0 spiro atoms. The highest BCUT2D eigenvalue weighted by Crippen LogP contribution is 2.36. The number of hydrogen-bond acceptors (Lipinski definition) is 2. The maximum absolute atomic E-state index is 11.9. The van der Waals surface area contributed by atoms with Gasteiger partial charge in [-0.1, -0.05) is 29.3 Å². The van der Waals surface area contributed by atoms with E-state index < -0.39 is 0 Å². The molecule has 1 aromatic rings. The highest BCUT2D eigenvalue weighted by Gasteiger charge is 2.25. The molecule has 0 unspecified atom stereocenters. The van der Waals surface area contributed by atoms with Gasteiger partial charge in [0.2, 0.25) is 0 Å². The van der Waals surface area contributed by atoms with Crippen LogP contribution in [-0.4, -0.2) is 24.1 Å². The van der Waals surface area contributed by atoms with Gasteiger partial charge in [-0.3, -0.25) is 0 Å². The minimum Gasteiger partial charge on any atom is -0.410 e. The second-order valence-electron chi connectivity index (χ2n) is 4.88. The second kappa shape index (κ2) is 4.84. The lowest BCUT2D eigenvalue weighted by molar-refractivity contribution is 0.148. The van der Waals surface area contributed by atoms with Crippen LogP contribution in [0.1, 0.15) is 25.7 Å². The number of likely N-dealkylation sites (tertiary alicyclic amines) is 1. The van der Waals surface area contributed by atoms with E-state index >= 15 is 0 Å². The van der Waals surface area contributed by atoms with Crippen LogP contribution < -0.4 is 4.74 Å². The summed E-state index contributed by atoms with van der Waals surface area (Å²) in [5, 5.41) is 0. The molecular formula is C15H17NO2. The lowest BCUT2D eigenvalue weighted by Gasteiger charge is -2.27. The van der Waals surface area contributed by atoms with Crippen molar-refractivity contribution in [2.45, 2.75) is 25.7 Å². The molecule has 1 aromatic carbocycles. The summed E-state index contributed by atoms with van der Waals surface area (Å²) in [5.74, 6) is 0.619. The van der Waals surface area contributed by atoms with E-state index in [9.17, 15) is 4.79 Å². The number of para-hydroxylation sites is 1. The maximum atomic E-state index is 11.9. The van der Waals surface area contributed by atoms with Crippen LogP contribution in [0.4, 0.5) is 4.79 Å². The van der Waals surface area contributed by atoms with Gasteiger partial charge in [0.1, 0.15) is 5.75 Å². The molecule has 1 amide bonds. The smallest absolute Gasteiger partial charge is 0.410 e. The third-order valence-corrected chi connectivity index (χ3v) is 3.57. The van der Waals surface area contributed by atoms with Gasteiger partial charge in [0, 0.05) is 13.1 Å². The lowest BCUT2D eigenvalue weighted by Crippen LogP contribution is -2.38. The summed E-state index contributed by atoms with van der Waals surface area (Å²) in [6, 6.07) is 9.26. The number of allylic oxidation sites excluding steroid dienone is 1. The summed E-state index contributed by atoms with van der Waals surface area (Å²) in [7, 11) is 0. The Morgan fingerprint density at radius 2 is 1.56 bits per heavy atom. The number of hydrogen-bond donors (Lipinski definition) is 0. The molecule has 94 valence electrons. The molecule has 3 heteroatoms. The van der Waals surface area contributed by atoms with Gasteiger partial charge in [-0.05, 0) is 37.8 Å². The Balaban J connectivity index is 1.56. The first-order valence-corrected chi connectivity index (χ1v) is 6.54. The first kappa shape index (κ1) is 11.3. The fraction of sp³-hybridized carbons (Fsp3) is 0.400. The SMILES string of the molecule is O=C(Oc1ccccc1)N1CCC(=C2CC2)CC1. The Morgan fingerprint density at radius 1 is 0.944 bits per heavy atom. The summed E-state index contributed by atoms with van der Waals surface area (Å²) >= 11 is 0. The molecule has 2 aliphatic rings. The van der Waals surface area contributed by atoms with Crippen LogP contribution in [0.25, 0.3) is 0 Å². The Bertz CT molecular complexity index is 463. The summed E-state index contributed by atoms with van der Waals surface area (Å²) in [6.07, 6.45) is 4.40. The molecule has 1 saturated carbocycles. The zero-order valence-corrected chi connectivity index (χ0v) is 10.4. The summed E-state index contributed by atoms with van der Waals surface area (Å²) in [6.45, 7) is 1.59. The molecule has 0 atom stereocenters. The molecule has 18 heavy (non-hydrogen) atoms. The largest absolute Gasteiger partial charge is 0.415 e. The van der Waals surface area contributed by atoms with E-state index in [0.29, 0.717) is 5.75 Å². The number of amides is 1. The molecule has 3 rings (SSSR count). The number of rotatable bonds is 1. The van der Waals surface area contributed by atoms with Crippen molar-refractivity contribution >= 4 is 6.09 Å². The van der Waals surface area contributed by atoms with Crippen LogP contribution in [0.15, 0.2) is 41.5 Å². The second-order valence-corrected chi connectivity index (χ2v) is 4.88. The highest BCUT2D eigenvalue weighted by molar-refractivity contribution is 5.70. The quantitative estimate of drug-likeness (QED) is 0.708. The van der Waals surface area contributed by atoms with Crippen molar-refractivity contribution in [1.82, 2.24) is 4.90 Å². The molecule has 3 nitrogen and oxygen atoms in total. The number of carbonyl (C=O) groups excluding carboxylic acids is 1. The topological polar surface area (TPSA) is 29.5 Å². The van der Waals surface area contributed by atoms with E-state index in [1.807, 2.05) is 18.2 Å². The standard InChI is InChI=1S/C15H17NO2/c17-15(18-14-4-2-1-3-5-14)16-10-8-13(9-11-16)12-6-7-12/h1-5H,6-11H2. The Labute approximate surface area is 107 Å². The molecule has 2 fully saturated rings. The van der Waals surface area contributed by atoms with Crippen LogP contribution in [-0.2, 0) is 0 Å². The first-order chi connectivity index (χ1) is 8.83. The van der Waals surface area contributed by atoms with Gasteiger partial charge in [-0.2, -0.15) is 0 Å². The Morgan fingerprint density at radius 3 is 2.17 bits per heavy atom. The zero-order valence-electron chi connectivity index (χ0n) is 10.4. The average molecular weight is 243 g/mol. The van der Waals surface area contributed by atoms with Gasteiger partial charge >= 0.3 is 6.09 Å². The molecular weight excluding hydrogens is 226 g/mol. The van der Waals surface area contributed by atoms with Gasteiger partial charge in [-0.15, -0.1) is 0 Å². The van der Waals surface area contributed by atoms with E-state index in [2.05, 4.69) is 0 Å². The fourth-order valence-electron chi connectivity index (χ4n) is 2.38. The van der Waals surface area contributed by atoms with E-state index in [4.69, 9.17) is 4.74 Å². The van der Waals surface area contributed by atoms with Crippen molar-refractivity contribution in [3.05, 3.63) is 41.5 Å². The number of carbonyl (C=O) groups is 1. The average Bonchev–Trinajstić information content (AvgIpc) is 3.24. The third kappa shape index (κ3) is 2.55. The molecule has 0 bridgehead atoms. The molecule has 0 aromatic heterocycles. The van der Waals surface area contributed by atoms with Gasteiger partial charge in [0.15, 0.2) is 0 Å². The highest BCUT2D eigenvalue weighted by atomic mass is 16.6. The van der Waals surface area contributed by atoms with Crippen molar-refractivity contribution in [2.75, 3.05) is 13.1 Å². The van der Waals surface area contributed by atoms with Crippen LogP contribution >= 0.6 is 0 Å². The van der Waals surface area contributed by atoms with Crippen LogP contribution in [0, 0.1) is 0 Å². The number of benzene rings is 1. The number of piperidine rings is 1. The maximum Gasteiger partial charge on any atom is 0.415 e. The van der Waals surface area contributed by atoms with Crippen molar-refractivity contribution in [3.63, 3.8) is 0 Å². The summed E-state index contributed by atoms with van der Waals surface area (Å²) in [5.41, 5.74) is 3.21. The Kier molecular flexibility index (Phi) is 3.05. The molecule has 1 saturated heterocycles. The van der Waals surface area contributed by atoms with Crippen LogP contribution in [0.3, 0.4) is 0 Å². The van der Waals surface area contributed by atoms with Crippen molar-refractivity contribution in [3.8, 4) is 5.75 Å². The van der Waals surface area contributed by atoms with Crippen molar-refractivity contribution in [1.29, 1.82) is 0 Å². The van der Waals surface area contributed by atoms with Crippen molar-refractivity contribution in [2.24, 2.45) is 0 Å². The third-order valence-electron chi connectivity index (χ3n) is 3.57. The first-order valence-electron chi connectivity index (χ1n) is 6.54. The van der Waals surface area contributed by atoms with Gasteiger partial charge < -0.3 is 9.64 Å². The van der Waals surface area contributed by atoms with Crippen LogP contribution in [0.2, 0.25) is 0 Å². The summed E-state index contributed by atoms with van der Waals surface area (Å²) < 4.78 is 5.34. The fourth-order valence-corrected chi connectivity index (χ4v) is 2.38. The monoisotopic (exact) mass is 243 g/mol. The van der Waals surface area contributed by atoms with Gasteiger partial charge in [0.05, 0.1) is 0 Å². The Hall–Kier alpha value is -1.77. The van der Waals surface area contributed by atoms with E-state index in [1.54, 1.807) is 28.2 Å².